The minimum atomic E-state index is 1.05. The Morgan fingerprint density at radius 2 is 2.06 bits per heavy atom. The molecular weight excluding hydrogens is 216 g/mol. The lowest BCUT2D eigenvalue weighted by Crippen LogP contribution is -1.79. The zero-order valence-corrected chi connectivity index (χ0v) is 9.87. The second kappa shape index (κ2) is 3.76. The van der Waals surface area contributed by atoms with Gasteiger partial charge in [-0.3, -0.25) is 4.40 Å². The highest BCUT2D eigenvalue weighted by Gasteiger charge is 2.04. The van der Waals surface area contributed by atoms with Gasteiger partial charge in [-0.1, -0.05) is 42.5 Å². The predicted octanol–water partition coefficient (Wildman–Crippen LogP) is 3.63. The monoisotopic (exact) mass is 228 g/mol. The van der Waals surface area contributed by atoms with E-state index in [1.807, 2.05) is 12.4 Å². The van der Waals surface area contributed by atoms with Gasteiger partial charge in [0.2, 0.25) is 0 Å². The lowest BCUT2D eigenvalue weighted by Gasteiger charge is -1.98. The van der Waals surface area contributed by atoms with Crippen LogP contribution in [0, 0.1) is 0 Å². The first kappa shape index (κ1) is 9.60. The summed E-state index contributed by atoms with van der Waals surface area (Å²) in [5.74, 6) is 0. The molecule has 3 rings (SSSR count). The standard InChI is InChI=1S/C13H12N2S/c1-2-10-3-5-11(6-4-10)12-9-15-8-7-14-13(15)16-12/h3-9H,2H2,1H3. The highest BCUT2D eigenvalue weighted by molar-refractivity contribution is 7.20. The fraction of sp³-hybridized carbons (Fsp3) is 0.154. The van der Waals surface area contributed by atoms with Gasteiger partial charge in [-0.05, 0) is 17.5 Å². The van der Waals surface area contributed by atoms with E-state index in [-0.39, 0.29) is 0 Å². The number of nitrogens with zero attached hydrogens (tertiary/aromatic N) is 2. The summed E-state index contributed by atoms with van der Waals surface area (Å²) < 4.78 is 2.06. The van der Waals surface area contributed by atoms with Gasteiger partial charge in [-0.2, -0.15) is 0 Å². The Balaban J connectivity index is 2.05. The van der Waals surface area contributed by atoms with Crippen molar-refractivity contribution in [1.82, 2.24) is 9.38 Å². The zero-order valence-electron chi connectivity index (χ0n) is 9.05. The molecule has 0 fully saturated rings. The van der Waals surface area contributed by atoms with Crippen LogP contribution >= 0.6 is 11.3 Å². The summed E-state index contributed by atoms with van der Waals surface area (Å²) in [6.45, 7) is 2.17. The van der Waals surface area contributed by atoms with Crippen molar-refractivity contribution < 1.29 is 0 Å². The molecule has 3 heteroatoms. The predicted molar refractivity (Wildman–Crippen MR) is 67.9 cm³/mol. The minimum absolute atomic E-state index is 1.05. The van der Waals surface area contributed by atoms with Crippen molar-refractivity contribution in [3.8, 4) is 10.4 Å². The third kappa shape index (κ3) is 1.53. The molecule has 1 aromatic carbocycles. The summed E-state index contributed by atoms with van der Waals surface area (Å²) in [5, 5.41) is 0. The number of aryl methyl sites for hydroxylation is 1. The van der Waals surface area contributed by atoms with E-state index in [1.165, 1.54) is 16.0 Å². The molecular formula is C13H12N2S. The first-order chi connectivity index (χ1) is 7.86. The summed E-state index contributed by atoms with van der Waals surface area (Å²) in [5.41, 5.74) is 2.65. The first-order valence-corrected chi connectivity index (χ1v) is 6.20. The summed E-state index contributed by atoms with van der Waals surface area (Å²) >= 11 is 1.72. The van der Waals surface area contributed by atoms with E-state index in [0.717, 1.165) is 11.4 Å². The van der Waals surface area contributed by atoms with Crippen LogP contribution in [0.5, 0.6) is 0 Å². The normalized spacial score (nSPS) is 11.1. The molecule has 2 nitrogen and oxygen atoms in total. The summed E-state index contributed by atoms with van der Waals surface area (Å²) in [4.78, 5) is 6.60. The van der Waals surface area contributed by atoms with Crippen LogP contribution in [-0.4, -0.2) is 9.38 Å². The van der Waals surface area contributed by atoms with Crippen molar-refractivity contribution in [2.24, 2.45) is 0 Å². The third-order valence-corrected chi connectivity index (χ3v) is 3.80. The van der Waals surface area contributed by atoms with Crippen molar-refractivity contribution in [3.05, 3.63) is 48.4 Å². The van der Waals surface area contributed by atoms with Crippen molar-refractivity contribution >= 4 is 16.3 Å². The van der Waals surface area contributed by atoms with Crippen LogP contribution in [0.25, 0.3) is 15.4 Å². The molecule has 0 spiro atoms. The average Bonchev–Trinajstić information content (AvgIpc) is 2.89. The van der Waals surface area contributed by atoms with Gasteiger partial charge in [0.25, 0.3) is 0 Å². The van der Waals surface area contributed by atoms with Crippen molar-refractivity contribution in [1.29, 1.82) is 0 Å². The maximum atomic E-state index is 4.28. The Labute approximate surface area is 98.2 Å². The van der Waals surface area contributed by atoms with Crippen molar-refractivity contribution in [2.75, 3.05) is 0 Å². The fourth-order valence-electron chi connectivity index (χ4n) is 1.77. The molecule has 2 aromatic heterocycles. The largest absolute Gasteiger partial charge is 0.297 e. The third-order valence-electron chi connectivity index (χ3n) is 2.74. The molecule has 0 saturated heterocycles. The van der Waals surface area contributed by atoms with Crippen LogP contribution in [0.3, 0.4) is 0 Å². The summed E-state index contributed by atoms with van der Waals surface area (Å²) in [7, 11) is 0. The Morgan fingerprint density at radius 1 is 1.25 bits per heavy atom. The number of imidazole rings is 1. The zero-order chi connectivity index (χ0) is 11.0. The van der Waals surface area contributed by atoms with Crippen LogP contribution in [-0.2, 0) is 6.42 Å². The van der Waals surface area contributed by atoms with Gasteiger partial charge in [0.15, 0.2) is 4.96 Å². The molecule has 0 aliphatic rings. The molecule has 0 aliphatic carbocycles. The number of thiazole rings is 1. The van der Waals surface area contributed by atoms with Crippen LogP contribution in [0.15, 0.2) is 42.9 Å². The maximum absolute atomic E-state index is 4.28. The topological polar surface area (TPSA) is 17.3 Å². The second-order valence-electron chi connectivity index (χ2n) is 3.76. The van der Waals surface area contributed by atoms with E-state index in [2.05, 4.69) is 46.8 Å². The SMILES string of the molecule is CCc1ccc(-c2cn3ccnc3s2)cc1. The fourth-order valence-corrected chi connectivity index (χ4v) is 2.72. The molecule has 0 bridgehead atoms. The van der Waals surface area contributed by atoms with Gasteiger partial charge >= 0.3 is 0 Å². The molecule has 3 aromatic rings. The van der Waals surface area contributed by atoms with E-state index in [1.54, 1.807) is 11.3 Å². The highest BCUT2D eigenvalue weighted by atomic mass is 32.1. The number of benzene rings is 1. The molecule has 0 unspecified atom stereocenters. The Hall–Kier alpha value is -1.61. The van der Waals surface area contributed by atoms with Gasteiger partial charge < -0.3 is 0 Å². The van der Waals surface area contributed by atoms with Gasteiger partial charge in [-0.25, -0.2) is 4.98 Å². The minimum Gasteiger partial charge on any atom is -0.297 e. The quantitative estimate of drug-likeness (QED) is 0.654. The van der Waals surface area contributed by atoms with E-state index >= 15 is 0 Å². The Bertz CT molecular complexity index is 576. The first-order valence-electron chi connectivity index (χ1n) is 5.38. The smallest absolute Gasteiger partial charge is 0.194 e. The number of hydrogen-bond donors (Lipinski definition) is 0. The lowest BCUT2D eigenvalue weighted by molar-refractivity contribution is 1.14. The molecule has 0 atom stereocenters. The Morgan fingerprint density at radius 3 is 2.75 bits per heavy atom. The number of aromatic nitrogens is 2. The molecule has 0 radical (unpaired) electrons. The van der Waals surface area contributed by atoms with Gasteiger partial charge in [-0.15, -0.1) is 0 Å². The molecule has 0 N–H and O–H groups in total. The van der Waals surface area contributed by atoms with Crippen LogP contribution < -0.4 is 0 Å². The van der Waals surface area contributed by atoms with Crippen LogP contribution in [0.2, 0.25) is 0 Å². The average molecular weight is 228 g/mol. The van der Waals surface area contributed by atoms with E-state index < -0.39 is 0 Å². The number of hydrogen-bond acceptors (Lipinski definition) is 2. The van der Waals surface area contributed by atoms with Gasteiger partial charge in [0, 0.05) is 18.6 Å². The summed E-state index contributed by atoms with van der Waals surface area (Å²) in [6, 6.07) is 8.75. The maximum Gasteiger partial charge on any atom is 0.194 e. The molecule has 0 amide bonds. The van der Waals surface area contributed by atoms with Gasteiger partial charge in [0.05, 0.1) is 4.88 Å². The number of rotatable bonds is 2. The lowest BCUT2D eigenvalue weighted by atomic mass is 10.1. The van der Waals surface area contributed by atoms with E-state index in [0.29, 0.717) is 0 Å². The van der Waals surface area contributed by atoms with Crippen LogP contribution in [0.4, 0.5) is 0 Å². The van der Waals surface area contributed by atoms with E-state index in [4.69, 9.17) is 0 Å². The molecule has 16 heavy (non-hydrogen) atoms. The molecule has 2 heterocycles. The molecule has 80 valence electrons. The number of fused-ring (bicyclic) bond motifs is 1. The molecule has 0 aliphatic heterocycles. The van der Waals surface area contributed by atoms with Crippen LogP contribution in [0.1, 0.15) is 12.5 Å². The Kier molecular flexibility index (Phi) is 2.26. The highest BCUT2D eigenvalue weighted by Crippen LogP contribution is 2.27. The summed E-state index contributed by atoms with van der Waals surface area (Å²) in [6.07, 6.45) is 7.04. The van der Waals surface area contributed by atoms with Gasteiger partial charge in [0.1, 0.15) is 0 Å². The molecule has 0 saturated carbocycles. The van der Waals surface area contributed by atoms with Crippen molar-refractivity contribution in [2.45, 2.75) is 13.3 Å². The van der Waals surface area contributed by atoms with E-state index in [9.17, 15) is 0 Å². The second-order valence-corrected chi connectivity index (χ2v) is 4.77. The van der Waals surface area contributed by atoms with Crippen molar-refractivity contribution in [3.63, 3.8) is 0 Å².